The predicted octanol–water partition coefficient (Wildman–Crippen LogP) is 1.34. The molecule has 1 saturated heterocycles. The van der Waals surface area contributed by atoms with Crippen molar-refractivity contribution in [3.63, 3.8) is 0 Å². The van der Waals surface area contributed by atoms with E-state index in [1.165, 1.54) is 19.3 Å². The number of nitrogens with one attached hydrogen (secondary N) is 1. The maximum Gasteiger partial charge on any atom is 0.224 e. The van der Waals surface area contributed by atoms with Crippen LogP contribution in [0, 0.1) is 0 Å². The molecular formula is C15H32N4O. The summed E-state index contributed by atoms with van der Waals surface area (Å²) in [5.41, 5.74) is 9.35. The number of hydrogen-bond donors (Lipinski definition) is 2. The highest BCUT2D eigenvalue weighted by Crippen LogP contribution is 2.20. The monoisotopic (exact) mass is 284 g/mol. The SMILES string of the molecule is CCN(CC)C(=O)CC(CN)NN1C(C)CCCC1C. The van der Waals surface area contributed by atoms with E-state index >= 15 is 0 Å². The lowest BCUT2D eigenvalue weighted by molar-refractivity contribution is -0.131. The third kappa shape index (κ3) is 4.72. The number of amides is 1. The summed E-state index contributed by atoms with van der Waals surface area (Å²) in [5.74, 6) is 0.190. The fourth-order valence-electron chi connectivity index (χ4n) is 2.98. The number of nitrogens with zero attached hydrogens (tertiary/aromatic N) is 2. The third-order valence-electron chi connectivity index (χ3n) is 4.35. The van der Waals surface area contributed by atoms with Gasteiger partial charge in [-0.15, -0.1) is 0 Å². The van der Waals surface area contributed by atoms with Crippen LogP contribution in [0.1, 0.15) is 53.4 Å². The van der Waals surface area contributed by atoms with Gasteiger partial charge in [0.25, 0.3) is 0 Å². The Morgan fingerprint density at radius 2 is 1.85 bits per heavy atom. The highest BCUT2D eigenvalue weighted by atomic mass is 16.2. The van der Waals surface area contributed by atoms with E-state index in [1.807, 2.05) is 18.7 Å². The smallest absolute Gasteiger partial charge is 0.224 e. The number of rotatable bonds is 7. The first kappa shape index (κ1) is 17.4. The summed E-state index contributed by atoms with van der Waals surface area (Å²) in [6.07, 6.45) is 4.18. The highest BCUT2D eigenvalue weighted by Gasteiger charge is 2.27. The lowest BCUT2D eigenvalue weighted by Gasteiger charge is -2.41. The van der Waals surface area contributed by atoms with Crippen LogP contribution in [0.25, 0.3) is 0 Å². The number of carbonyl (C=O) groups is 1. The summed E-state index contributed by atoms with van der Waals surface area (Å²) in [6.45, 7) is 10.5. The van der Waals surface area contributed by atoms with Crippen LogP contribution in [0.3, 0.4) is 0 Å². The molecule has 0 radical (unpaired) electrons. The Morgan fingerprint density at radius 1 is 1.30 bits per heavy atom. The second kappa shape index (κ2) is 8.60. The van der Waals surface area contributed by atoms with Crippen LogP contribution in [-0.4, -0.2) is 53.6 Å². The Balaban J connectivity index is 2.55. The van der Waals surface area contributed by atoms with Crippen LogP contribution in [0.4, 0.5) is 0 Å². The molecule has 20 heavy (non-hydrogen) atoms. The van der Waals surface area contributed by atoms with Crippen molar-refractivity contribution < 1.29 is 4.79 Å². The molecule has 1 amide bonds. The minimum Gasteiger partial charge on any atom is -0.343 e. The van der Waals surface area contributed by atoms with Gasteiger partial charge in [0.05, 0.1) is 0 Å². The summed E-state index contributed by atoms with van der Waals surface area (Å²) < 4.78 is 0. The zero-order chi connectivity index (χ0) is 15.1. The molecule has 5 heteroatoms. The van der Waals surface area contributed by atoms with Gasteiger partial charge in [-0.25, -0.2) is 10.4 Å². The average molecular weight is 284 g/mol. The summed E-state index contributed by atoms with van der Waals surface area (Å²) in [4.78, 5) is 14.1. The van der Waals surface area contributed by atoms with Crippen molar-refractivity contribution >= 4 is 5.91 Å². The number of nitrogens with two attached hydrogens (primary N) is 1. The molecule has 1 rings (SSSR count). The molecule has 0 spiro atoms. The van der Waals surface area contributed by atoms with E-state index in [1.54, 1.807) is 0 Å². The van der Waals surface area contributed by atoms with Gasteiger partial charge in [-0.1, -0.05) is 6.42 Å². The maximum absolute atomic E-state index is 12.2. The molecule has 1 heterocycles. The van der Waals surface area contributed by atoms with E-state index < -0.39 is 0 Å². The topological polar surface area (TPSA) is 61.6 Å². The number of hydrazine groups is 1. The highest BCUT2D eigenvalue weighted by molar-refractivity contribution is 5.76. The second-order valence-corrected chi connectivity index (χ2v) is 5.87. The first-order valence-electron chi connectivity index (χ1n) is 8.05. The van der Waals surface area contributed by atoms with E-state index in [0.717, 1.165) is 13.1 Å². The largest absolute Gasteiger partial charge is 0.343 e. The summed E-state index contributed by atoms with van der Waals surface area (Å²) in [6, 6.07) is 1.05. The summed E-state index contributed by atoms with van der Waals surface area (Å²) in [7, 11) is 0. The van der Waals surface area contributed by atoms with Crippen molar-refractivity contribution in [1.82, 2.24) is 15.3 Å². The van der Waals surface area contributed by atoms with Crippen molar-refractivity contribution in [3.05, 3.63) is 0 Å². The molecule has 1 aliphatic rings. The van der Waals surface area contributed by atoms with Crippen LogP contribution in [-0.2, 0) is 4.79 Å². The Hall–Kier alpha value is -0.650. The molecule has 1 fully saturated rings. The first-order chi connectivity index (χ1) is 9.53. The molecule has 0 aliphatic carbocycles. The van der Waals surface area contributed by atoms with Crippen LogP contribution in [0.15, 0.2) is 0 Å². The van der Waals surface area contributed by atoms with Crippen LogP contribution >= 0.6 is 0 Å². The number of hydrogen-bond acceptors (Lipinski definition) is 4. The molecule has 0 bridgehead atoms. The van der Waals surface area contributed by atoms with E-state index in [0.29, 0.717) is 25.0 Å². The van der Waals surface area contributed by atoms with Gasteiger partial charge in [0, 0.05) is 44.2 Å². The van der Waals surface area contributed by atoms with Gasteiger partial charge in [0.2, 0.25) is 5.91 Å². The van der Waals surface area contributed by atoms with Crippen molar-refractivity contribution in [1.29, 1.82) is 0 Å². The summed E-state index contributed by atoms with van der Waals surface area (Å²) in [5, 5.41) is 2.30. The zero-order valence-electron chi connectivity index (χ0n) is 13.6. The molecule has 118 valence electrons. The van der Waals surface area contributed by atoms with E-state index in [4.69, 9.17) is 5.73 Å². The normalized spacial score (nSPS) is 25.4. The van der Waals surface area contributed by atoms with Crippen LogP contribution in [0.5, 0.6) is 0 Å². The average Bonchev–Trinajstić information content (AvgIpc) is 2.43. The fraction of sp³-hybridized carbons (Fsp3) is 0.933. The van der Waals surface area contributed by atoms with Gasteiger partial charge in [0.15, 0.2) is 0 Å². The van der Waals surface area contributed by atoms with Crippen LogP contribution in [0.2, 0.25) is 0 Å². The Labute approximate surface area is 123 Å². The first-order valence-corrected chi connectivity index (χ1v) is 8.05. The number of carbonyl (C=O) groups excluding carboxylic acids is 1. The predicted molar refractivity (Wildman–Crippen MR) is 83.1 cm³/mol. The molecule has 0 aromatic carbocycles. The minimum atomic E-state index is 0.0334. The second-order valence-electron chi connectivity index (χ2n) is 5.87. The van der Waals surface area contributed by atoms with Crippen molar-refractivity contribution in [2.75, 3.05) is 19.6 Å². The maximum atomic E-state index is 12.2. The third-order valence-corrected chi connectivity index (χ3v) is 4.35. The van der Waals surface area contributed by atoms with E-state index in [2.05, 4.69) is 24.3 Å². The zero-order valence-corrected chi connectivity index (χ0v) is 13.6. The van der Waals surface area contributed by atoms with E-state index in [9.17, 15) is 4.79 Å². The standard InChI is InChI=1S/C15H32N4O/c1-5-18(6-2)15(20)10-14(11-16)17-19-12(3)8-7-9-13(19)4/h12-14,17H,5-11,16H2,1-4H3. The van der Waals surface area contributed by atoms with E-state index in [-0.39, 0.29) is 11.9 Å². The van der Waals surface area contributed by atoms with Gasteiger partial charge >= 0.3 is 0 Å². The van der Waals surface area contributed by atoms with Gasteiger partial charge < -0.3 is 10.6 Å². The minimum absolute atomic E-state index is 0.0334. The summed E-state index contributed by atoms with van der Waals surface area (Å²) >= 11 is 0. The van der Waals surface area contributed by atoms with Gasteiger partial charge in [0.1, 0.15) is 0 Å². The Morgan fingerprint density at radius 3 is 2.30 bits per heavy atom. The molecule has 1 aliphatic heterocycles. The fourth-order valence-corrected chi connectivity index (χ4v) is 2.98. The van der Waals surface area contributed by atoms with Crippen LogP contribution < -0.4 is 11.2 Å². The molecule has 3 atom stereocenters. The lowest BCUT2D eigenvalue weighted by Crippen LogP contribution is -2.57. The molecule has 3 unspecified atom stereocenters. The lowest BCUT2D eigenvalue weighted by atomic mass is 9.99. The molecule has 5 nitrogen and oxygen atoms in total. The molecule has 3 N–H and O–H groups in total. The van der Waals surface area contributed by atoms with Gasteiger partial charge in [-0.05, 0) is 40.5 Å². The van der Waals surface area contributed by atoms with Crippen molar-refractivity contribution in [2.24, 2.45) is 5.73 Å². The molecule has 0 saturated carbocycles. The Kier molecular flexibility index (Phi) is 7.48. The molecular weight excluding hydrogens is 252 g/mol. The Bertz CT molecular complexity index is 284. The van der Waals surface area contributed by atoms with Crippen molar-refractivity contribution in [3.8, 4) is 0 Å². The molecule has 0 aromatic rings. The number of piperidine rings is 1. The van der Waals surface area contributed by atoms with Gasteiger partial charge in [-0.3, -0.25) is 4.79 Å². The molecule has 0 aromatic heterocycles. The van der Waals surface area contributed by atoms with Gasteiger partial charge in [-0.2, -0.15) is 0 Å². The van der Waals surface area contributed by atoms with Crippen molar-refractivity contribution in [2.45, 2.75) is 71.5 Å². The quantitative estimate of drug-likeness (QED) is 0.740.